The zero-order valence-electron chi connectivity index (χ0n) is 8.77. The summed E-state index contributed by atoms with van der Waals surface area (Å²) in [5.41, 5.74) is 6.90. The van der Waals surface area contributed by atoms with E-state index in [4.69, 9.17) is 10.5 Å². The lowest BCUT2D eigenvalue weighted by molar-refractivity contribution is -0.115. The number of ether oxygens (including phenoxy) is 1. The normalized spacial score (nSPS) is 15.5. The first-order chi connectivity index (χ1) is 7.70. The van der Waals surface area contributed by atoms with E-state index in [9.17, 15) is 9.90 Å². The average molecular weight is 222 g/mol. The van der Waals surface area contributed by atoms with Gasteiger partial charge in [0.15, 0.2) is 0 Å². The second-order valence-corrected chi connectivity index (χ2v) is 3.71. The van der Waals surface area contributed by atoms with Gasteiger partial charge in [-0.15, -0.1) is 0 Å². The van der Waals surface area contributed by atoms with E-state index in [0.717, 1.165) is 11.3 Å². The van der Waals surface area contributed by atoms with Crippen LogP contribution in [0.3, 0.4) is 0 Å². The largest absolute Gasteiger partial charge is 0.490 e. The number of rotatable bonds is 4. The zero-order chi connectivity index (χ0) is 11.5. The van der Waals surface area contributed by atoms with Crippen molar-refractivity contribution in [1.82, 2.24) is 0 Å². The van der Waals surface area contributed by atoms with Crippen LogP contribution in [0.1, 0.15) is 5.56 Å². The highest BCUT2D eigenvalue weighted by Crippen LogP contribution is 2.31. The van der Waals surface area contributed by atoms with Gasteiger partial charge in [-0.25, -0.2) is 0 Å². The van der Waals surface area contributed by atoms with E-state index in [1.54, 1.807) is 12.1 Å². The average Bonchev–Trinajstić information content (AvgIpc) is 2.66. The minimum absolute atomic E-state index is 0.0366. The summed E-state index contributed by atoms with van der Waals surface area (Å²) in [6.45, 7) is 0.299. The lowest BCUT2D eigenvalue weighted by atomic mass is 10.1. The van der Waals surface area contributed by atoms with Crippen LogP contribution in [0.15, 0.2) is 18.2 Å². The number of carbonyl (C=O) groups is 1. The number of nitrogens with two attached hydrogens (primary N) is 1. The van der Waals surface area contributed by atoms with Crippen LogP contribution in [0.5, 0.6) is 5.75 Å². The highest BCUT2D eigenvalue weighted by Gasteiger charge is 2.21. The highest BCUT2D eigenvalue weighted by molar-refractivity contribution is 6.00. The van der Waals surface area contributed by atoms with E-state index in [1.165, 1.54) is 0 Å². The molecule has 0 bridgehead atoms. The molecule has 0 aromatic heterocycles. The summed E-state index contributed by atoms with van der Waals surface area (Å²) in [6.07, 6.45) is -0.356. The van der Waals surface area contributed by atoms with Crippen molar-refractivity contribution in [2.75, 3.05) is 18.5 Å². The van der Waals surface area contributed by atoms with Gasteiger partial charge in [0.25, 0.3) is 0 Å². The molecular weight excluding hydrogens is 208 g/mol. The number of amides is 1. The van der Waals surface area contributed by atoms with Crippen LogP contribution < -0.4 is 15.8 Å². The number of nitrogens with one attached hydrogen (secondary N) is 1. The quantitative estimate of drug-likeness (QED) is 0.663. The molecule has 2 rings (SSSR count). The van der Waals surface area contributed by atoms with Crippen LogP contribution in [-0.4, -0.2) is 30.3 Å². The summed E-state index contributed by atoms with van der Waals surface area (Å²) in [5.74, 6) is 0.591. The third-order valence-corrected chi connectivity index (χ3v) is 2.45. The van der Waals surface area contributed by atoms with Crippen LogP contribution in [-0.2, 0) is 11.2 Å². The summed E-state index contributed by atoms with van der Waals surface area (Å²) in [4.78, 5) is 11.2. The first-order valence-corrected chi connectivity index (χ1v) is 5.13. The molecule has 1 aliphatic heterocycles. The standard InChI is InChI=1S/C11H14N2O3/c12-5-7(14)6-16-10-3-1-2-9-8(10)4-11(15)13-9/h1-3,7,14H,4-6,12H2,(H,13,15). The first kappa shape index (κ1) is 10.9. The molecule has 1 heterocycles. The van der Waals surface area contributed by atoms with Gasteiger partial charge >= 0.3 is 0 Å². The summed E-state index contributed by atoms with van der Waals surface area (Å²) in [5, 5.41) is 12.0. The molecule has 5 heteroatoms. The number of aliphatic hydroxyl groups excluding tert-OH is 1. The predicted octanol–water partition coefficient (Wildman–Crippen LogP) is -0.120. The number of fused-ring (bicyclic) bond motifs is 1. The molecule has 16 heavy (non-hydrogen) atoms. The molecule has 1 unspecified atom stereocenters. The van der Waals surface area contributed by atoms with Gasteiger partial charge in [0.1, 0.15) is 18.5 Å². The molecule has 4 N–H and O–H groups in total. The Labute approximate surface area is 93.2 Å². The van der Waals surface area contributed by atoms with Gasteiger partial charge in [0, 0.05) is 17.8 Å². The van der Waals surface area contributed by atoms with Gasteiger partial charge in [0.05, 0.1) is 6.42 Å². The third kappa shape index (κ3) is 2.15. The van der Waals surface area contributed by atoms with Crippen LogP contribution in [0.4, 0.5) is 5.69 Å². The minimum Gasteiger partial charge on any atom is -0.490 e. The maximum atomic E-state index is 11.2. The molecule has 0 radical (unpaired) electrons. The van der Waals surface area contributed by atoms with Crippen LogP contribution in [0.2, 0.25) is 0 Å². The molecule has 1 atom stereocenters. The SMILES string of the molecule is NCC(O)COc1cccc2c1CC(=O)N2. The molecule has 1 aromatic carbocycles. The van der Waals surface area contributed by atoms with Crippen LogP contribution in [0.25, 0.3) is 0 Å². The van der Waals surface area contributed by atoms with Crippen molar-refractivity contribution < 1.29 is 14.6 Å². The minimum atomic E-state index is -0.680. The Kier molecular flexibility index (Phi) is 3.07. The Morgan fingerprint density at radius 1 is 1.56 bits per heavy atom. The predicted molar refractivity (Wildman–Crippen MR) is 59.3 cm³/mol. The van der Waals surface area contributed by atoms with E-state index in [0.29, 0.717) is 12.2 Å². The maximum Gasteiger partial charge on any atom is 0.229 e. The van der Waals surface area contributed by atoms with Gasteiger partial charge in [-0.3, -0.25) is 4.79 Å². The van der Waals surface area contributed by atoms with Crippen molar-refractivity contribution in [3.63, 3.8) is 0 Å². The fourth-order valence-electron chi connectivity index (χ4n) is 1.61. The fraction of sp³-hybridized carbons (Fsp3) is 0.364. The number of benzene rings is 1. The van der Waals surface area contributed by atoms with Gasteiger partial charge in [-0.2, -0.15) is 0 Å². The van der Waals surface area contributed by atoms with E-state index >= 15 is 0 Å². The molecule has 0 saturated heterocycles. The van der Waals surface area contributed by atoms with Gasteiger partial charge in [0.2, 0.25) is 5.91 Å². The molecule has 0 spiro atoms. The number of hydrogen-bond donors (Lipinski definition) is 3. The van der Waals surface area contributed by atoms with Crippen molar-refractivity contribution >= 4 is 11.6 Å². The molecule has 5 nitrogen and oxygen atoms in total. The van der Waals surface area contributed by atoms with Crippen molar-refractivity contribution in [3.05, 3.63) is 23.8 Å². The monoisotopic (exact) mass is 222 g/mol. The molecule has 0 saturated carbocycles. The van der Waals surface area contributed by atoms with E-state index in [2.05, 4.69) is 5.32 Å². The number of carbonyl (C=O) groups excluding carboxylic acids is 1. The smallest absolute Gasteiger partial charge is 0.229 e. The molecule has 86 valence electrons. The molecular formula is C11H14N2O3. The van der Waals surface area contributed by atoms with E-state index < -0.39 is 6.10 Å². The van der Waals surface area contributed by atoms with Crippen LogP contribution >= 0.6 is 0 Å². The summed E-state index contributed by atoms with van der Waals surface area (Å²) >= 11 is 0. The number of anilines is 1. The second-order valence-electron chi connectivity index (χ2n) is 3.71. The Morgan fingerprint density at radius 3 is 3.12 bits per heavy atom. The van der Waals surface area contributed by atoms with Gasteiger partial charge < -0.3 is 20.9 Å². The summed E-state index contributed by atoms with van der Waals surface area (Å²) < 4.78 is 5.43. The first-order valence-electron chi connectivity index (χ1n) is 5.13. The zero-order valence-corrected chi connectivity index (χ0v) is 8.77. The van der Waals surface area contributed by atoms with Crippen LogP contribution in [0, 0.1) is 0 Å². The van der Waals surface area contributed by atoms with Crippen molar-refractivity contribution in [1.29, 1.82) is 0 Å². The topological polar surface area (TPSA) is 84.6 Å². The Hall–Kier alpha value is -1.59. The molecule has 1 aliphatic rings. The Balaban J connectivity index is 2.11. The fourth-order valence-corrected chi connectivity index (χ4v) is 1.61. The third-order valence-electron chi connectivity index (χ3n) is 2.45. The van der Waals surface area contributed by atoms with Crippen molar-refractivity contribution in [2.45, 2.75) is 12.5 Å². The van der Waals surface area contributed by atoms with Gasteiger partial charge in [-0.1, -0.05) is 6.07 Å². The number of hydrogen-bond acceptors (Lipinski definition) is 4. The molecule has 0 fully saturated rings. The Bertz CT molecular complexity index is 406. The van der Waals surface area contributed by atoms with E-state index in [-0.39, 0.29) is 19.1 Å². The second kappa shape index (κ2) is 4.51. The lowest BCUT2D eigenvalue weighted by Crippen LogP contribution is -2.26. The number of aliphatic hydroxyl groups is 1. The highest BCUT2D eigenvalue weighted by atomic mass is 16.5. The molecule has 0 aliphatic carbocycles. The summed E-state index contributed by atoms with van der Waals surface area (Å²) in [6, 6.07) is 5.41. The van der Waals surface area contributed by atoms with Gasteiger partial charge in [-0.05, 0) is 12.1 Å². The van der Waals surface area contributed by atoms with Crippen molar-refractivity contribution in [2.24, 2.45) is 5.73 Å². The Morgan fingerprint density at radius 2 is 2.38 bits per heavy atom. The molecule has 1 aromatic rings. The van der Waals surface area contributed by atoms with Crippen molar-refractivity contribution in [3.8, 4) is 5.75 Å². The maximum absolute atomic E-state index is 11.2. The molecule has 1 amide bonds. The lowest BCUT2D eigenvalue weighted by Gasteiger charge is -2.12. The van der Waals surface area contributed by atoms with E-state index in [1.807, 2.05) is 6.07 Å². The summed E-state index contributed by atoms with van der Waals surface area (Å²) in [7, 11) is 0.